The molecule has 7 nitrogen and oxygen atoms in total. The van der Waals surface area contributed by atoms with E-state index in [1.165, 1.54) is 12.8 Å². The molecule has 1 fully saturated rings. The molecule has 1 aromatic carbocycles. The number of hydrogen-bond acceptors (Lipinski definition) is 6. The van der Waals surface area contributed by atoms with Crippen molar-refractivity contribution in [2.45, 2.75) is 49.8 Å². The Morgan fingerprint density at radius 1 is 1.14 bits per heavy atom. The molecule has 1 aromatic heterocycles. The van der Waals surface area contributed by atoms with Gasteiger partial charge in [0.25, 0.3) is 0 Å². The summed E-state index contributed by atoms with van der Waals surface area (Å²) in [4.78, 5) is 23.5. The van der Waals surface area contributed by atoms with Gasteiger partial charge >= 0.3 is 0 Å². The second-order valence-electron chi connectivity index (χ2n) is 7.22. The Morgan fingerprint density at radius 3 is 2.46 bits per heavy atom. The van der Waals surface area contributed by atoms with E-state index in [1.807, 2.05) is 6.07 Å². The molecular weight excluding hydrogens is 376 g/mol. The number of aromatic nitrogens is 2. The van der Waals surface area contributed by atoms with Crippen molar-refractivity contribution >= 4 is 21.6 Å². The molecular formula is C20H26N4O3S. The zero-order valence-electron chi connectivity index (χ0n) is 16.3. The van der Waals surface area contributed by atoms with Crippen molar-refractivity contribution in [1.29, 1.82) is 0 Å². The van der Waals surface area contributed by atoms with Gasteiger partial charge in [0.2, 0.25) is 5.91 Å². The zero-order valence-corrected chi connectivity index (χ0v) is 17.1. The molecule has 2 heterocycles. The van der Waals surface area contributed by atoms with Gasteiger partial charge in [-0.15, -0.1) is 0 Å². The van der Waals surface area contributed by atoms with Gasteiger partial charge in [0.15, 0.2) is 9.84 Å². The summed E-state index contributed by atoms with van der Waals surface area (Å²) < 4.78 is 24.3. The van der Waals surface area contributed by atoms with Crippen LogP contribution in [0.5, 0.6) is 0 Å². The minimum atomic E-state index is -3.30. The molecule has 1 aliphatic heterocycles. The predicted octanol–water partition coefficient (Wildman–Crippen LogP) is 2.12. The SMILES string of the molecule is CC(C)S(=O)(=O)c1ccc(CC(=O)NCc2nccc(N3CCCC3)n2)cc1. The van der Waals surface area contributed by atoms with E-state index in [0.717, 1.165) is 24.5 Å². The summed E-state index contributed by atoms with van der Waals surface area (Å²) in [6.45, 7) is 5.58. The van der Waals surface area contributed by atoms with Crippen LogP contribution < -0.4 is 10.2 Å². The normalized spacial score (nSPS) is 14.5. The number of nitrogens with zero attached hydrogens (tertiary/aromatic N) is 3. The highest BCUT2D eigenvalue weighted by Gasteiger charge is 2.19. The van der Waals surface area contributed by atoms with E-state index in [-0.39, 0.29) is 23.8 Å². The standard InChI is InChI=1S/C20H26N4O3S/c1-15(2)28(26,27)17-7-5-16(6-8-17)13-20(25)22-14-18-21-10-9-19(23-18)24-11-3-4-12-24/h5-10,15H,3-4,11-14H2,1-2H3,(H,22,25). The van der Waals surface area contributed by atoms with Crippen molar-refractivity contribution < 1.29 is 13.2 Å². The van der Waals surface area contributed by atoms with Gasteiger partial charge < -0.3 is 10.2 Å². The van der Waals surface area contributed by atoms with E-state index in [1.54, 1.807) is 44.3 Å². The quantitative estimate of drug-likeness (QED) is 0.763. The zero-order chi connectivity index (χ0) is 20.1. The first kappa shape index (κ1) is 20.3. The fraction of sp³-hybridized carbons (Fsp3) is 0.450. The predicted molar refractivity (Wildman–Crippen MR) is 108 cm³/mol. The van der Waals surface area contributed by atoms with Crippen LogP contribution in [0.1, 0.15) is 38.1 Å². The lowest BCUT2D eigenvalue weighted by Crippen LogP contribution is -2.26. The Balaban J connectivity index is 1.55. The highest BCUT2D eigenvalue weighted by Crippen LogP contribution is 2.18. The molecule has 0 unspecified atom stereocenters. The summed E-state index contributed by atoms with van der Waals surface area (Å²) >= 11 is 0. The highest BCUT2D eigenvalue weighted by atomic mass is 32.2. The number of carbonyl (C=O) groups excluding carboxylic acids is 1. The molecule has 1 saturated heterocycles. The Bertz CT molecular complexity index is 921. The first-order chi connectivity index (χ1) is 13.4. The van der Waals surface area contributed by atoms with Crippen LogP contribution in [0, 0.1) is 0 Å². The van der Waals surface area contributed by atoms with Crippen LogP contribution >= 0.6 is 0 Å². The maximum absolute atomic E-state index is 12.2. The van der Waals surface area contributed by atoms with Gasteiger partial charge in [-0.25, -0.2) is 18.4 Å². The van der Waals surface area contributed by atoms with Gasteiger partial charge in [0, 0.05) is 19.3 Å². The molecule has 0 bridgehead atoms. The lowest BCUT2D eigenvalue weighted by molar-refractivity contribution is -0.120. The molecule has 0 aliphatic carbocycles. The molecule has 0 radical (unpaired) electrons. The number of sulfone groups is 1. The van der Waals surface area contributed by atoms with Gasteiger partial charge in [-0.2, -0.15) is 0 Å². The van der Waals surface area contributed by atoms with E-state index in [0.29, 0.717) is 5.82 Å². The van der Waals surface area contributed by atoms with Crippen LogP contribution in [0.25, 0.3) is 0 Å². The maximum Gasteiger partial charge on any atom is 0.224 e. The molecule has 3 rings (SSSR count). The van der Waals surface area contributed by atoms with E-state index in [2.05, 4.69) is 20.2 Å². The summed E-state index contributed by atoms with van der Waals surface area (Å²) in [5.41, 5.74) is 0.756. The van der Waals surface area contributed by atoms with Gasteiger partial charge in [0.05, 0.1) is 23.1 Å². The van der Waals surface area contributed by atoms with Gasteiger partial charge in [-0.05, 0) is 50.5 Å². The molecule has 1 aliphatic rings. The summed E-state index contributed by atoms with van der Waals surface area (Å²) in [7, 11) is -3.30. The first-order valence-corrected chi connectivity index (χ1v) is 11.1. The lowest BCUT2D eigenvalue weighted by atomic mass is 10.1. The van der Waals surface area contributed by atoms with Crippen molar-refractivity contribution in [2.75, 3.05) is 18.0 Å². The van der Waals surface area contributed by atoms with Gasteiger partial charge in [0.1, 0.15) is 11.6 Å². The number of amides is 1. The smallest absolute Gasteiger partial charge is 0.224 e. The summed E-state index contributed by atoms with van der Waals surface area (Å²) in [6, 6.07) is 8.36. The van der Waals surface area contributed by atoms with Crippen LogP contribution in [0.15, 0.2) is 41.4 Å². The number of rotatable bonds is 7. The maximum atomic E-state index is 12.2. The summed E-state index contributed by atoms with van der Waals surface area (Å²) in [5.74, 6) is 1.32. The first-order valence-electron chi connectivity index (χ1n) is 9.52. The van der Waals surface area contributed by atoms with Crippen LogP contribution in [-0.2, 0) is 27.6 Å². The third-order valence-electron chi connectivity index (χ3n) is 4.80. The van der Waals surface area contributed by atoms with Crippen molar-refractivity contribution in [1.82, 2.24) is 15.3 Å². The summed E-state index contributed by atoms with van der Waals surface area (Å²) in [6.07, 6.45) is 4.24. The van der Waals surface area contributed by atoms with Crippen LogP contribution in [0.4, 0.5) is 5.82 Å². The number of anilines is 1. The lowest BCUT2D eigenvalue weighted by Gasteiger charge is -2.16. The highest BCUT2D eigenvalue weighted by molar-refractivity contribution is 7.92. The fourth-order valence-corrected chi connectivity index (χ4v) is 4.15. The largest absolute Gasteiger partial charge is 0.357 e. The minimum Gasteiger partial charge on any atom is -0.357 e. The topological polar surface area (TPSA) is 92.3 Å². The number of nitrogens with one attached hydrogen (secondary N) is 1. The second-order valence-corrected chi connectivity index (χ2v) is 9.72. The van der Waals surface area contributed by atoms with E-state index in [9.17, 15) is 13.2 Å². The second kappa shape index (κ2) is 8.68. The Kier molecular flexibility index (Phi) is 6.28. The van der Waals surface area contributed by atoms with Crippen LogP contribution in [-0.4, -0.2) is 42.6 Å². The molecule has 1 amide bonds. The fourth-order valence-electron chi connectivity index (χ4n) is 3.09. The molecule has 8 heteroatoms. The average molecular weight is 403 g/mol. The monoisotopic (exact) mass is 402 g/mol. The number of hydrogen-bond donors (Lipinski definition) is 1. The van der Waals surface area contributed by atoms with E-state index in [4.69, 9.17) is 0 Å². The van der Waals surface area contributed by atoms with E-state index >= 15 is 0 Å². The molecule has 1 N–H and O–H groups in total. The molecule has 0 atom stereocenters. The van der Waals surface area contributed by atoms with Crippen LogP contribution in [0.2, 0.25) is 0 Å². The van der Waals surface area contributed by atoms with Gasteiger partial charge in [-0.1, -0.05) is 12.1 Å². The van der Waals surface area contributed by atoms with Crippen molar-refractivity contribution in [3.63, 3.8) is 0 Å². The Labute approximate surface area is 166 Å². The number of benzene rings is 1. The summed E-state index contributed by atoms with van der Waals surface area (Å²) in [5, 5.41) is 2.35. The van der Waals surface area contributed by atoms with Crippen molar-refractivity contribution in [3.05, 3.63) is 47.9 Å². The molecule has 2 aromatic rings. The van der Waals surface area contributed by atoms with E-state index < -0.39 is 15.1 Å². The molecule has 28 heavy (non-hydrogen) atoms. The third-order valence-corrected chi connectivity index (χ3v) is 6.97. The number of carbonyl (C=O) groups is 1. The average Bonchev–Trinajstić information content (AvgIpc) is 3.22. The molecule has 150 valence electrons. The molecule has 0 spiro atoms. The van der Waals surface area contributed by atoms with Crippen LogP contribution in [0.3, 0.4) is 0 Å². The van der Waals surface area contributed by atoms with Crippen molar-refractivity contribution in [2.24, 2.45) is 0 Å². The Morgan fingerprint density at radius 2 is 1.82 bits per heavy atom. The van der Waals surface area contributed by atoms with Gasteiger partial charge in [-0.3, -0.25) is 4.79 Å². The third kappa shape index (κ3) is 4.86. The minimum absolute atomic E-state index is 0.158. The Hall–Kier alpha value is -2.48. The van der Waals surface area contributed by atoms with Crippen molar-refractivity contribution in [3.8, 4) is 0 Å². The molecule has 0 saturated carbocycles.